The van der Waals surface area contributed by atoms with E-state index in [9.17, 15) is 37.2 Å². The number of carbonyl (C=O) groups excluding carboxylic acids is 6. The third kappa shape index (κ3) is 31.5. The molecule has 99 heavy (non-hydrogen) atoms. The van der Waals surface area contributed by atoms with Gasteiger partial charge >= 0.3 is 35.8 Å². The quantitative estimate of drug-likeness (QED) is 0.0332. The average molecular weight is 1390 g/mol. The second kappa shape index (κ2) is 42.3. The van der Waals surface area contributed by atoms with Crippen LogP contribution in [0.3, 0.4) is 0 Å². The monoisotopic (exact) mass is 1380 g/mol. The molecule has 10 rings (SSSR count). The minimum absolute atomic E-state index is 0.0460. The standard InChI is InChI=1S/C28H40O4.C20H20O6.C15H20O2.C9H10O2.C7H12.C2H6O3S/c1-19-3-5-21(6-4-19)22-7-9-25(10-8-22)28(30)32-27-17-13-24(14-18-27)23-11-15-26(16-12-23)31-20(2)29;1-23-19(21)14-5-11-17(12-6-14)26-20(22)15-7-9-16(10-8-15)25-18-4-2-3-13-24-18;1-11-3-5-13(6-4-11)14-7-9-15(10-8-14)17-12(2)16;1-7-3-5-8(6-4-7)9(10)11-2;1-5-6-7(2,3)4;1-5-6(2,3)4/h13-14,17-19,21-23,25-26H,3-12,15-16H2,1-2H3;5-12,18H,2-4,13H2,1H3;7-11,13H,3-6H2,1-2H3;3-6H,1-2H3;1-4H3;1-2H3. The van der Waals surface area contributed by atoms with Gasteiger partial charge in [-0.2, -0.15) is 8.42 Å². The van der Waals surface area contributed by atoms with Gasteiger partial charge in [0.05, 0.1) is 56.8 Å². The van der Waals surface area contributed by atoms with E-state index in [2.05, 4.69) is 84.4 Å². The summed E-state index contributed by atoms with van der Waals surface area (Å²) in [6, 6.07) is 36.2. The highest BCUT2D eigenvalue weighted by Gasteiger charge is 2.33. The predicted octanol–water partition coefficient (Wildman–Crippen LogP) is 17.7. The highest BCUT2D eigenvalue weighted by Crippen LogP contribution is 2.42. The number of methoxy groups -OCH3 is 2. The molecule has 0 amide bonds. The molecule has 17 nitrogen and oxygen atoms in total. The van der Waals surface area contributed by atoms with Crippen molar-refractivity contribution in [3.05, 3.63) is 155 Å². The normalized spacial score (nSPS) is 21.7. The molecule has 5 aromatic rings. The van der Waals surface area contributed by atoms with Crippen molar-refractivity contribution >= 4 is 45.9 Å². The lowest BCUT2D eigenvalue weighted by atomic mass is 9.69. The van der Waals surface area contributed by atoms with E-state index in [1.54, 1.807) is 48.5 Å². The van der Waals surface area contributed by atoms with Gasteiger partial charge in [-0.15, -0.1) is 5.92 Å². The van der Waals surface area contributed by atoms with Crippen LogP contribution >= 0.6 is 0 Å². The molecule has 5 fully saturated rings. The predicted molar refractivity (Wildman–Crippen MR) is 384 cm³/mol. The topological polar surface area (TPSA) is 220 Å². The van der Waals surface area contributed by atoms with Gasteiger partial charge in [0.2, 0.25) is 0 Å². The van der Waals surface area contributed by atoms with E-state index in [0.717, 1.165) is 100 Å². The first-order chi connectivity index (χ1) is 47.1. The van der Waals surface area contributed by atoms with Gasteiger partial charge in [-0.25, -0.2) is 14.4 Å². The van der Waals surface area contributed by atoms with Crippen LogP contribution in [0.2, 0.25) is 0 Å². The molecule has 18 heteroatoms. The summed E-state index contributed by atoms with van der Waals surface area (Å²) in [5.74, 6) is 11.2. The van der Waals surface area contributed by atoms with Crippen molar-refractivity contribution < 1.29 is 79.3 Å². The van der Waals surface area contributed by atoms with Crippen LogP contribution in [0.1, 0.15) is 237 Å². The van der Waals surface area contributed by atoms with Gasteiger partial charge in [-0.05, 0) is 256 Å². The Morgan fingerprint density at radius 3 is 1.29 bits per heavy atom. The molecule has 1 unspecified atom stereocenters. The summed E-state index contributed by atoms with van der Waals surface area (Å²) in [6.07, 6.45) is 22.9. The van der Waals surface area contributed by atoms with Gasteiger partial charge in [0.15, 0.2) is 6.29 Å². The molecule has 0 aromatic heterocycles. The molecule has 0 bridgehead atoms. The molecule has 540 valence electrons. The van der Waals surface area contributed by atoms with Crippen LogP contribution in [0.5, 0.6) is 23.0 Å². The van der Waals surface area contributed by atoms with Crippen molar-refractivity contribution in [3.8, 4) is 34.8 Å². The van der Waals surface area contributed by atoms with Crippen LogP contribution in [-0.4, -0.2) is 90.8 Å². The summed E-state index contributed by atoms with van der Waals surface area (Å²) in [6.45, 7) is 18.5. The Labute approximate surface area is 589 Å². The van der Waals surface area contributed by atoms with Gasteiger partial charge in [0, 0.05) is 25.7 Å². The average Bonchev–Trinajstić information content (AvgIpc) is 0.902. The first-order valence-electron chi connectivity index (χ1n) is 35.0. The highest BCUT2D eigenvalue weighted by atomic mass is 32.2. The number of rotatable bonds is 14. The molecular weight excluding hydrogens is 1280 g/mol. The van der Waals surface area contributed by atoms with E-state index in [1.807, 2.05) is 50.2 Å². The van der Waals surface area contributed by atoms with Gasteiger partial charge < -0.3 is 37.9 Å². The van der Waals surface area contributed by atoms with Crippen LogP contribution < -0.4 is 18.9 Å². The number of ether oxygens (including phenoxy) is 8. The molecule has 0 radical (unpaired) electrons. The summed E-state index contributed by atoms with van der Waals surface area (Å²) in [7, 11) is 0.645. The lowest BCUT2D eigenvalue weighted by molar-refractivity contribution is -0.148. The summed E-state index contributed by atoms with van der Waals surface area (Å²) in [5, 5.41) is 0. The van der Waals surface area contributed by atoms with Gasteiger partial charge in [-0.1, -0.05) is 87.4 Å². The van der Waals surface area contributed by atoms with Crippen molar-refractivity contribution in [2.45, 2.75) is 209 Å². The third-order valence-corrected chi connectivity index (χ3v) is 18.9. The maximum atomic E-state index is 12.7. The van der Waals surface area contributed by atoms with E-state index in [4.69, 9.17) is 28.4 Å². The molecule has 0 spiro atoms. The summed E-state index contributed by atoms with van der Waals surface area (Å²) in [5.41, 5.74) is 5.38. The van der Waals surface area contributed by atoms with Gasteiger partial charge in [0.1, 0.15) is 29.1 Å². The smallest absolute Gasteiger partial charge is 0.343 e. The van der Waals surface area contributed by atoms with E-state index in [0.29, 0.717) is 58.1 Å². The maximum absolute atomic E-state index is 12.7. The van der Waals surface area contributed by atoms with Crippen LogP contribution in [0.15, 0.2) is 121 Å². The molecule has 1 aliphatic heterocycles. The molecule has 5 aliphatic rings. The van der Waals surface area contributed by atoms with E-state index < -0.39 is 22.1 Å². The molecule has 1 heterocycles. The Kier molecular flexibility index (Phi) is 35.0. The first-order valence-corrected chi connectivity index (χ1v) is 36.9. The maximum Gasteiger partial charge on any atom is 0.343 e. The molecule has 1 saturated heterocycles. The Balaban J connectivity index is 0.000000235. The number of carbonyl (C=O) groups is 6. The van der Waals surface area contributed by atoms with Crippen LogP contribution in [0.4, 0.5) is 0 Å². The Morgan fingerprint density at radius 2 is 0.889 bits per heavy atom. The van der Waals surface area contributed by atoms with Crippen molar-refractivity contribution in [2.75, 3.05) is 34.2 Å². The minimum Gasteiger partial charge on any atom is -0.465 e. The summed E-state index contributed by atoms with van der Waals surface area (Å²) in [4.78, 5) is 69.2. The van der Waals surface area contributed by atoms with E-state index in [1.165, 1.54) is 116 Å². The lowest BCUT2D eigenvalue weighted by Gasteiger charge is -2.36. The number of benzene rings is 5. The Bertz CT molecular complexity index is 3420. The van der Waals surface area contributed by atoms with Crippen molar-refractivity contribution in [3.63, 3.8) is 0 Å². The molecule has 4 aliphatic carbocycles. The molecule has 4 saturated carbocycles. The fraction of sp³-hybridized carbons (Fsp3) is 0.531. The molecular formula is C81H108O17S. The zero-order chi connectivity index (χ0) is 72.5. The second-order valence-electron chi connectivity index (χ2n) is 27.5. The lowest BCUT2D eigenvalue weighted by Crippen LogP contribution is -2.29. The number of aryl methyl sites for hydroxylation is 1. The number of hydrogen-bond acceptors (Lipinski definition) is 17. The van der Waals surface area contributed by atoms with Crippen LogP contribution in [0.25, 0.3) is 0 Å². The zero-order valence-electron chi connectivity index (χ0n) is 60.7. The SMILES string of the molecule is CC#CC(C)(C)C.CC(=O)OC1CCC(c2ccc(OC(=O)C3CCC(C4CCC(C)CC4)CC3)cc2)CC1.CC(=O)Oc1ccc(C2CCC(C)CC2)cc1.COC(=O)c1ccc(C)cc1.COC(=O)c1ccc(OC(=O)c2ccc(OC3CCCCO3)cc2)cc1.COS(C)(=O)=O. The Morgan fingerprint density at radius 1 is 0.485 bits per heavy atom. The molecule has 0 N–H and O–H groups in total. The van der Waals surface area contributed by atoms with Gasteiger partial charge in [0.25, 0.3) is 10.1 Å². The van der Waals surface area contributed by atoms with Crippen molar-refractivity contribution in [2.24, 2.45) is 35.0 Å². The summed E-state index contributed by atoms with van der Waals surface area (Å²) < 4.78 is 65.3. The van der Waals surface area contributed by atoms with Gasteiger partial charge in [-0.3, -0.25) is 18.6 Å². The van der Waals surface area contributed by atoms with Crippen LogP contribution in [-0.2, 0) is 47.6 Å². The molecule has 1 atom stereocenters. The summed E-state index contributed by atoms with van der Waals surface area (Å²) >= 11 is 0. The highest BCUT2D eigenvalue weighted by molar-refractivity contribution is 7.85. The first kappa shape index (κ1) is 81.8. The van der Waals surface area contributed by atoms with Crippen molar-refractivity contribution in [1.82, 2.24) is 0 Å². The van der Waals surface area contributed by atoms with Crippen molar-refractivity contribution in [1.29, 1.82) is 0 Å². The molecule has 5 aromatic carbocycles. The number of esters is 6. The fourth-order valence-corrected chi connectivity index (χ4v) is 12.7. The van der Waals surface area contributed by atoms with E-state index in [-0.39, 0.29) is 47.6 Å². The number of hydrogen-bond donors (Lipinski definition) is 0. The largest absolute Gasteiger partial charge is 0.465 e. The zero-order valence-corrected chi connectivity index (χ0v) is 61.6. The Hall–Kier alpha value is -7.85. The second-order valence-corrected chi connectivity index (χ2v) is 29.3. The van der Waals surface area contributed by atoms with Crippen LogP contribution in [0, 0.1) is 53.8 Å². The fourth-order valence-electron chi connectivity index (χ4n) is 12.7. The minimum atomic E-state index is -3.16. The van der Waals surface area contributed by atoms with E-state index >= 15 is 0 Å². The third-order valence-electron chi connectivity index (χ3n) is 18.3.